The number of thioether (sulfide) groups is 4. The van der Waals surface area contributed by atoms with Gasteiger partial charge in [-0.2, -0.15) is 0 Å². The van der Waals surface area contributed by atoms with E-state index in [4.69, 9.17) is 0 Å². The molecule has 8 heteroatoms. The molecule has 3 heterocycles. The minimum atomic E-state index is 0.649. The van der Waals surface area contributed by atoms with Gasteiger partial charge in [-0.1, -0.05) is 0 Å². The molecule has 16 heavy (non-hydrogen) atoms. The number of rotatable bonds is 0. The van der Waals surface area contributed by atoms with E-state index in [-0.39, 0.29) is 0 Å². The second-order valence-corrected chi connectivity index (χ2v) is 18.9. The first-order valence-corrected chi connectivity index (χ1v) is 13.4. The average Bonchev–Trinajstić information content (AvgIpc) is 2.83. The van der Waals surface area contributed by atoms with Gasteiger partial charge in [0, 0.05) is 0 Å². The van der Waals surface area contributed by atoms with Crippen molar-refractivity contribution in [2.75, 3.05) is 11.5 Å². The number of halogens is 2. The van der Waals surface area contributed by atoms with Crippen molar-refractivity contribution >= 4 is 122 Å². The summed E-state index contributed by atoms with van der Waals surface area (Å²) in [5.41, 5.74) is 0. The van der Waals surface area contributed by atoms with Gasteiger partial charge in [0.15, 0.2) is 0 Å². The van der Waals surface area contributed by atoms with E-state index in [2.05, 4.69) is 92.2 Å². The van der Waals surface area contributed by atoms with Crippen molar-refractivity contribution in [3.05, 3.63) is 21.0 Å². The minimum absolute atomic E-state index is 0.649. The molecule has 0 unspecified atom stereocenters. The van der Waals surface area contributed by atoms with Crippen LogP contribution in [0, 0.1) is 0 Å². The summed E-state index contributed by atoms with van der Waals surface area (Å²) in [5.74, 6) is 2.59. The van der Waals surface area contributed by atoms with Crippen LogP contribution < -0.4 is 0 Å². The van der Waals surface area contributed by atoms with Gasteiger partial charge in [-0.15, -0.1) is 0 Å². The van der Waals surface area contributed by atoms with E-state index >= 15 is 0 Å². The molecule has 0 aliphatic carbocycles. The van der Waals surface area contributed by atoms with E-state index in [1.165, 1.54) is 11.5 Å². The van der Waals surface area contributed by atoms with Crippen LogP contribution in [-0.4, -0.2) is 41.4 Å². The first-order chi connectivity index (χ1) is 7.74. The third-order valence-electron chi connectivity index (χ3n) is 1.77. The fourth-order valence-electron chi connectivity index (χ4n) is 1.15. The third-order valence-corrected chi connectivity index (χ3v) is 20.5. The molecule has 3 aliphatic rings. The van der Waals surface area contributed by atoms with Crippen LogP contribution >= 0.6 is 92.2 Å². The summed E-state index contributed by atoms with van der Waals surface area (Å²) >= 11 is 14.6. The predicted octanol–water partition coefficient (Wildman–Crippen LogP) is 4.62. The van der Waals surface area contributed by atoms with Crippen LogP contribution in [0.4, 0.5) is 0 Å². The molecule has 0 saturated carbocycles. The molecule has 0 aromatic heterocycles. The van der Waals surface area contributed by atoms with Crippen LogP contribution in [0.2, 0.25) is 0 Å². The predicted molar refractivity (Wildman–Crippen MR) is 101 cm³/mol. The molecule has 0 aromatic carbocycles. The van der Waals surface area contributed by atoms with E-state index < -0.39 is 0 Å². The molecule has 0 spiro atoms. The average molecular weight is 640 g/mol. The van der Waals surface area contributed by atoms with Crippen molar-refractivity contribution in [1.82, 2.24) is 0 Å². The number of hydrogen-bond acceptors (Lipinski definition) is 4. The Morgan fingerprint density at radius 3 is 1.81 bits per heavy atom. The van der Waals surface area contributed by atoms with Gasteiger partial charge in [-0.3, -0.25) is 0 Å². The van der Waals surface area contributed by atoms with Gasteiger partial charge in [0.05, 0.1) is 0 Å². The van der Waals surface area contributed by atoms with Crippen molar-refractivity contribution in [2.45, 2.75) is 0 Å². The molecule has 0 aromatic rings. The van der Waals surface area contributed by atoms with Crippen molar-refractivity contribution in [2.24, 2.45) is 0 Å². The summed E-state index contributed by atoms with van der Waals surface area (Å²) in [6.45, 7) is 0. The zero-order chi connectivity index (χ0) is 11.1. The van der Waals surface area contributed by atoms with Crippen molar-refractivity contribution in [1.29, 1.82) is 0 Å². The molecular weight excluding hydrogens is 636 g/mol. The second-order valence-electron chi connectivity index (χ2n) is 2.80. The van der Waals surface area contributed by atoms with Crippen LogP contribution in [-0.2, 0) is 0 Å². The van der Waals surface area contributed by atoms with Gasteiger partial charge >= 0.3 is 155 Å². The molecule has 0 radical (unpaired) electrons. The molecule has 3 aliphatic heterocycles. The summed E-state index contributed by atoms with van der Waals surface area (Å²) in [7, 11) is 0. The summed E-state index contributed by atoms with van der Waals surface area (Å²) in [4.78, 5) is 0. The van der Waals surface area contributed by atoms with Crippen molar-refractivity contribution in [3.8, 4) is 0 Å². The fourth-order valence-corrected chi connectivity index (χ4v) is 20.2. The van der Waals surface area contributed by atoms with Crippen LogP contribution in [0.15, 0.2) is 21.0 Å². The first-order valence-electron chi connectivity index (χ1n) is 4.25. The van der Waals surface area contributed by atoms with E-state index in [1.807, 2.05) is 0 Å². The van der Waals surface area contributed by atoms with E-state index in [1.54, 1.807) is 21.0 Å². The van der Waals surface area contributed by atoms with Gasteiger partial charge in [0.2, 0.25) is 0 Å². The standard InChI is InChI=1S/C8H4I2S4Se2/c9-3-4(10)16-8(15-3)7-13-5-6(14-7)12-2-1-11-5/h1-2H2. The van der Waals surface area contributed by atoms with Gasteiger partial charge in [0.1, 0.15) is 0 Å². The topological polar surface area (TPSA) is 0 Å². The zero-order valence-corrected chi connectivity index (χ0v) is 18.6. The monoisotopic (exact) mass is 642 g/mol. The molecule has 0 saturated heterocycles. The van der Waals surface area contributed by atoms with E-state index in [0.717, 1.165) is 0 Å². The summed E-state index contributed by atoms with van der Waals surface area (Å²) in [6.07, 6.45) is 0. The summed E-state index contributed by atoms with van der Waals surface area (Å²) in [5, 5.41) is 0. The molecule has 0 N–H and O–H groups in total. The summed E-state index contributed by atoms with van der Waals surface area (Å²) < 4.78 is 9.87. The van der Waals surface area contributed by atoms with Gasteiger partial charge in [0.25, 0.3) is 0 Å². The second kappa shape index (κ2) is 6.26. The molecule has 0 atom stereocenters. The van der Waals surface area contributed by atoms with Crippen LogP contribution in [0.5, 0.6) is 0 Å². The maximum absolute atomic E-state index is 2.54. The van der Waals surface area contributed by atoms with E-state index in [0.29, 0.717) is 29.9 Å². The third kappa shape index (κ3) is 3.06. The maximum atomic E-state index is 2.54. The summed E-state index contributed by atoms with van der Waals surface area (Å²) in [6, 6.07) is 0. The molecule has 0 amide bonds. The Balaban J connectivity index is 1.79. The number of hydrogen-bond donors (Lipinski definition) is 0. The normalized spacial score (nSPS) is 25.9. The van der Waals surface area contributed by atoms with Gasteiger partial charge in [-0.05, 0) is 0 Å². The van der Waals surface area contributed by atoms with Crippen molar-refractivity contribution < 1.29 is 0 Å². The Bertz CT molecular complexity index is 407. The van der Waals surface area contributed by atoms with Crippen LogP contribution in [0.25, 0.3) is 0 Å². The van der Waals surface area contributed by atoms with Crippen LogP contribution in [0.1, 0.15) is 0 Å². The Hall–Kier alpha value is 3.12. The Morgan fingerprint density at radius 2 is 1.31 bits per heavy atom. The molecule has 0 nitrogen and oxygen atoms in total. The molecule has 86 valence electrons. The molecule has 3 rings (SSSR count). The Labute approximate surface area is 152 Å². The van der Waals surface area contributed by atoms with Gasteiger partial charge in [-0.25, -0.2) is 0 Å². The SMILES string of the molecule is IC1=C(I)[Se]C(=C2SC3=C(SCCS3)S2)[Se]1. The molecular formula is C8H4I2S4Se2. The van der Waals surface area contributed by atoms with Crippen LogP contribution in [0.3, 0.4) is 0 Å². The molecule has 0 bridgehead atoms. The zero-order valence-electron chi connectivity index (χ0n) is 7.62. The Kier molecular flexibility index (Phi) is 5.51. The quantitative estimate of drug-likeness (QED) is 0.280. The van der Waals surface area contributed by atoms with Crippen molar-refractivity contribution in [3.63, 3.8) is 0 Å². The first kappa shape index (κ1) is 14.1. The molecule has 0 fully saturated rings. The van der Waals surface area contributed by atoms with Gasteiger partial charge < -0.3 is 0 Å². The fraction of sp³-hybridized carbons (Fsp3) is 0.250. The van der Waals surface area contributed by atoms with E-state index in [9.17, 15) is 0 Å². The Morgan fingerprint density at radius 1 is 0.812 bits per heavy atom.